The van der Waals surface area contributed by atoms with Gasteiger partial charge in [0.25, 0.3) is 0 Å². The van der Waals surface area contributed by atoms with Gasteiger partial charge in [-0.25, -0.2) is 0 Å². The van der Waals surface area contributed by atoms with E-state index in [0.29, 0.717) is 10.8 Å². The van der Waals surface area contributed by atoms with Crippen LogP contribution in [-0.2, 0) is 9.59 Å². The molecule has 4 aliphatic rings. The Balaban J connectivity index is 0.000000295. The summed E-state index contributed by atoms with van der Waals surface area (Å²) in [6.07, 6.45) is 17.2. The van der Waals surface area contributed by atoms with Gasteiger partial charge in [0.2, 0.25) is 0 Å². The van der Waals surface area contributed by atoms with Gasteiger partial charge in [-0.15, -0.1) is 0 Å². The van der Waals surface area contributed by atoms with Crippen molar-refractivity contribution in [2.75, 3.05) is 11.5 Å². The van der Waals surface area contributed by atoms with Crippen molar-refractivity contribution in [2.24, 2.45) is 57.8 Å². The lowest BCUT2D eigenvalue weighted by atomic mass is 9.47. The Morgan fingerprint density at radius 1 is 0.929 bits per heavy atom. The van der Waals surface area contributed by atoms with E-state index in [1.54, 1.807) is 5.57 Å². The number of carbonyl (C=O) groups is 2. The van der Waals surface area contributed by atoms with Gasteiger partial charge in [0.1, 0.15) is 12.1 Å². The van der Waals surface area contributed by atoms with Crippen LogP contribution in [0, 0.1) is 46.3 Å². The van der Waals surface area contributed by atoms with Crippen LogP contribution in [-0.4, -0.2) is 57.0 Å². The topological polar surface area (TPSA) is 147 Å². The van der Waals surface area contributed by atoms with E-state index in [-0.39, 0.29) is 17.6 Å². The van der Waals surface area contributed by atoms with Crippen molar-refractivity contribution in [2.45, 2.75) is 123 Å². The fourth-order valence-corrected chi connectivity index (χ4v) is 11.3. The number of hydrogen-bond donors (Lipinski definition) is 5. The average Bonchev–Trinajstić information content (AvgIpc) is 3.28. The van der Waals surface area contributed by atoms with Crippen LogP contribution in [0.25, 0.3) is 0 Å². The summed E-state index contributed by atoms with van der Waals surface area (Å²) in [5.74, 6) is 3.78. The highest BCUT2D eigenvalue weighted by atomic mass is 33.1. The molecule has 0 heterocycles. The second-order valence-electron chi connectivity index (χ2n) is 14.6. The number of aliphatic carboxylic acids is 2. The zero-order valence-electron chi connectivity index (χ0n) is 26.6. The summed E-state index contributed by atoms with van der Waals surface area (Å²) in [6, 6.07) is -1.85. The SMILES string of the molecule is CC(C)CCCC(C)[C@H]1CC[C@H]2[C@@H]3CC=C4C[C@@H](O)CC[C@]4(C)[C@H]3CC[C@]12C.NC(CSSCC(N)C(=O)O)C(=O)O. The molecular formula is C33H58N2O5S2. The Hall–Kier alpha value is -0.740. The van der Waals surface area contributed by atoms with Crippen molar-refractivity contribution >= 4 is 33.5 Å². The van der Waals surface area contributed by atoms with Crippen LogP contribution in [0.2, 0.25) is 0 Å². The predicted molar refractivity (Wildman–Crippen MR) is 175 cm³/mol. The van der Waals surface area contributed by atoms with Gasteiger partial charge in [0.15, 0.2) is 0 Å². The summed E-state index contributed by atoms with van der Waals surface area (Å²) in [4.78, 5) is 20.5. The Morgan fingerprint density at radius 3 is 2.12 bits per heavy atom. The maximum absolute atomic E-state index is 10.3. The summed E-state index contributed by atoms with van der Waals surface area (Å²) < 4.78 is 0. The summed E-state index contributed by atoms with van der Waals surface area (Å²) in [6.45, 7) is 12.6. The second-order valence-corrected chi connectivity index (χ2v) is 17.2. The van der Waals surface area contributed by atoms with E-state index in [1.165, 1.54) is 79.4 Å². The maximum Gasteiger partial charge on any atom is 0.321 e. The van der Waals surface area contributed by atoms with E-state index in [2.05, 4.69) is 40.7 Å². The van der Waals surface area contributed by atoms with E-state index in [0.717, 1.165) is 48.3 Å². The molecule has 0 spiro atoms. The standard InChI is InChI=1S/C27H46O.C6H12N2O4S2/c1-18(2)7-6-8-19(3)23-11-12-24-22-10-9-20-17-21(28)13-15-26(20,4)25(22)14-16-27(23,24)5;7-3(5(9)10)1-13-14-2-4(8)6(11)12/h9,18-19,21-25,28H,6-8,10-17H2,1-5H3;3-4H,1-2,7-8H2,(H,9,10)(H,11,12)/t19?,21-,22-,23+,24-,25-,26-,27+;/m0./s1. The molecule has 0 aromatic carbocycles. The molecule has 0 bridgehead atoms. The second kappa shape index (κ2) is 15.5. The normalized spacial score (nSPS) is 35.9. The van der Waals surface area contributed by atoms with Crippen molar-refractivity contribution in [1.82, 2.24) is 0 Å². The molecular weight excluding hydrogens is 569 g/mol. The van der Waals surface area contributed by atoms with Gasteiger partial charge in [-0.2, -0.15) is 0 Å². The highest BCUT2D eigenvalue weighted by molar-refractivity contribution is 8.76. The molecule has 0 aliphatic heterocycles. The minimum Gasteiger partial charge on any atom is -0.480 e. The molecule has 7 nitrogen and oxygen atoms in total. The number of carboxylic acid groups (broad SMARTS) is 2. The molecule has 0 aromatic heterocycles. The average molecular weight is 627 g/mol. The van der Waals surface area contributed by atoms with Crippen molar-refractivity contribution in [3.8, 4) is 0 Å². The molecule has 10 atom stereocenters. The first-order valence-corrected chi connectivity index (χ1v) is 18.8. The minimum absolute atomic E-state index is 0.0766. The van der Waals surface area contributed by atoms with E-state index in [1.807, 2.05) is 0 Å². The van der Waals surface area contributed by atoms with Gasteiger partial charge in [0, 0.05) is 11.5 Å². The molecule has 0 amide bonds. The first-order valence-electron chi connectivity index (χ1n) is 16.3. The van der Waals surface area contributed by atoms with Crippen LogP contribution < -0.4 is 11.5 Å². The van der Waals surface area contributed by atoms with E-state index in [4.69, 9.17) is 21.7 Å². The van der Waals surface area contributed by atoms with Crippen LogP contribution in [0.1, 0.15) is 105 Å². The molecule has 3 unspecified atom stereocenters. The Bertz CT molecular complexity index is 925. The van der Waals surface area contributed by atoms with Crippen LogP contribution >= 0.6 is 21.6 Å². The van der Waals surface area contributed by atoms with Gasteiger partial charge < -0.3 is 26.8 Å². The van der Waals surface area contributed by atoms with Gasteiger partial charge in [-0.1, -0.05) is 87.1 Å². The summed E-state index contributed by atoms with van der Waals surface area (Å²) in [5.41, 5.74) is 13.0. The number of nitrogens with two attached hydrogens (primary N) is 2. The number of allylic oxidation sites excluding steroid dienone is 1. The molecule has 0 aromatic rings. The third-order valence-corrected chi connectivity index (χ3v) is 14.0. The first kappa shape index (κ1) is 35.7. The molecule has 42 heavy (non-hydrogen) atoms. The molecule has 242 valence electrons. The van der Waals surface area contributed by atoms with E-state index < -0.39 is 24.0 Å². The smallest absolute Gasteiger partial charge is 0.321 e. The number of hydrogen-bond acceptors (Lipinski definition) is 7. The van der Waals surface area contributed by atoms with E-state index >= 15 is 0 Å². The fourth-order valence-electron chi connectivity index (χ4n) is 9.05. The largest absolute Gasteiger partial charge is 0.480 e. The number of aliphatic hydroxyl groups is 1. The van der Waals surface area contributed by atoms with Crippen LogP contribution in [0.4, 0.5) is 0 Å². The molecule has 4 aliphatic carbocycles. The summed E-state index contributed by atoms with van der Waals surface area (Å²) in [5, 5.41) is 27.0. The molecule has 0 radical (unpaired) electrons. The van der Waals surface area contributed by atoms with Crippen molar-refractivity contribution in [1.29, 1.82) is 0 Å². The summed E-state index contributed by atoms with van der Waals surface area (Å²) in [7, 11) is 2.41. The van der Waals surface area contributed by atoms with Crippen molar-refractivity contribution in [3.63, 3.8) is 0 Å². The third-order valence-electron chi connectivity index (χ3n) is 11.5. The zero-order valence-corrected chi connectivity index (χ0v) is 28.2. The van der Waals surface area contributed by atoms with Crippen LogP contribution in [0.3, 0.4) is 0 Å². The Kier molecular flexibility index (Phi) is 13.2. The molecule has 3 fully saturated rings. The fraction of sp³-hybridized carbons (Fsp3) is 0.879. The van der Waals surface area contributed by atoms with Crippen LogP contribution in [0.5, 0.6) is 0 Å². The quantitative estimate of drug-likeness (QED) is 0.0920. The molecule has 9 heteroatoms. The number of aliphatic hydroxyl groups excluding tert-OH is 1. The number of fused-ring (bicyclic) bond motifs is 5. The Labute approximate surface area is 262 Å². The van der Waals surface area contributed by atoms with Gasteiger partial charge in [0.05, 0.1) is 6.10 Å². The van der Waals surface area contributed by atoms with Crippen molar-refractivity contribution in [3.05, 3.63) is 11.6 Å². The maximum atomic E-state index is 10.3. The monoisotopic (exact) mass is 626 g/mol. The van der Waals surface area contributed by atoms with Gasteiger partial charge in [-0.05, 0) is 97.7 Å². The molecule has 3 saturated carbocycles. The molecule has 4 rings (SSSR count). The lowest BCUT2D eigenvalue weighted by Crippen LogP contribution is -2.50. The molecule has 0 saturated heterocycles. The van der Waals surface area contributed by atoms with E-state index in [9.17, 15) is 14.7 Å². The first-order chi connectivity index (χ1) is 19.7. The molecule has 7 N–H and O–H groups in total. The zero-order chi connectivity index (χ0) is 31.2. The van der Waals surface area contributed by atoms with Gasteiger partial charge in [-0.3, -0.25) is 9.59 Å². The number of carboxylic acids is 2. The highest BCUT2D eigenvalue weighted by Gasteiger charge is 2.59. The van der Waals surface area contributed by atoms with Crippen molar-refractivity contribution < 1.29 is 24.9 Å². The number of rotatable bonds is 12. The third kappa shape index (κ3) is 8.49. The predicted octanol–water partition coefficient (Wildman–Crippen LogP) is 6.58. The lowest BCUT2D eigenvalue weighted by molar-refractivity contribution is -0.138. The summed E-state index contributed by atoms with van der Waals surface area (Å²) >= 11 is 0. The van der Waals surface area contributed by atoms with Crippen LogP contribution in [0.15, 0.2) is 11.6 Å². The highest BCUT2D eigenvalue weighted by Crippen LogP contribution is 2.67. The lowest BCUT2D eigenvalue weighted by Gasteiger charge is -2.58. The van der Waals surface area contributed by atoms with Gasteiger partial charge >= 0.3 is 11.9 Å². The minimum atomic E-state index is -1.07. The Morgan fingerprint density at radius 2 is 1.55 bits per heavy atom.